The third-order valence-corrected chi connectivity index (χ3v) is 3.90. The van der Waals surface area contributed by atoms with Crippen LogP contribution in [0.25, 0.3) is 0 Å². The zero-order valence-corrected chi connectivity index (χ0v) is 12.8. The molecule has 6 nitrogen and oxygen atoms in total. The minimum atomic E-state index is -0.159. The summed E-state index contributed by atoms with van der Waals surface area (Å²) in [5, 5.41) is 2.90. The van der Waals surface area contributed by atoms with E-state index >= 15 is 0 Å². The lowest BCUT2D eigenvalue weighted by molar-refractivity contribution is 0.0702. The van der Waals surface area contributed by atoms with Gasteiger partial charge in [-0.25, -0.2) is 4.79 Å². The van der Waals surface area contributed by atoms with Crippen LogP contribution >= 0.6 is 0 Å². The van der Waals surface area contributed by atoms with Crippen molar-refractivity contribution in [3.63, 3.8) is 0 Å². The van der Waals surface area contributed by atoms with Crippen molar-refractivity contribution in [3.05, 3.63) is 24.3 Å². The van der Waals surface area contributed by atoms with Gasteiger partial charge in [0.15, 0.2) is 17.6 Å². The van der Waals surface area contributed by atoms with Crippen LogP contribution in [-0.4, -0.2) is 56.5 Å². The number of hydrogen-bond acceptors (Lipinski definition) is 4. The Bertz CT molecular complexity index is 517. The molecule has 0 aromatic heterocycles. The van der Waals surface area contributed by atoms with E-state index in [2.05, 4.69) is 5.32 Å². The van der Waals surface area contributed by atoms with Crippen LogP contribution in [0.4, 0.5) is 4.79 Å². The molecule has 2 aliphatic rings. The number of hydrogen-bond donors (Lipinski definition) is 1. The molecule has 0 spiro atoms. The maximum Gasteiger partial charge on any atom is 0.317 e. The Labute approximate surface area is 130 Å². The molecule has 3 rings (SSSR count). The zero-order chi connectivity index (χ0) is 15.4. The standard InChI is InChI=1S/C16H22N2O4/c1-18(16(19)17-9-12-5-4-8-20-12)10-13-11-21-14-6-2-3-7-15(14)22-13/h2-3,6-7,12-13H,4-5,8-11H2,1H3,(H,17,19)/t12-,13+/m0/s1. The van der Waals surface area contributed by atoms with Gasteiger partial charge in [-0.15, -0.1) is 0 Å². The molecule has 1 aromatic rings. The molecule has 0 saturated carbocycles. The lowest BCUT2D eigenvalue weighted by atomic mass is 10.2. The second-order valence-corrected chi connectivity index (χ2v) is 5.70. The van der Waals surface area contributed by atoms with Gasteiger partial charge >= 0.3 is 6.03 Å². The number of urea groups is 1. The topological polar surface area (TPSA) is 60.0 Å². The van der Waals surface area contributed by atoms with Gasteiger partial charge in [-0.2, -0.15) is 0 Å². The summed E-state index contributed by atoms with van der Waals surface area (Å²) in [6.45, 7) is 2.28. The SMILES string of the molecule is CN(C[C@@H]1COc2ccccc2O1)C(=O)NC[C@@H]1CCCO1. The molecule has 1 saturated heterocycles. The van der Waals surface area contributed by atoms with Crippen LogP contribution < -0.4 is 14.8 Å². The van der Waals surface area contributed by atoms with E-state index in [9.17, 15) is 4.79 Å². The van der Waals surface area contributed by atoms with E-state index in [4.69, 9.17) is 14.2 Å². The third kappa shape index (κ3) is 3.62. The minimum absolute atomic E-state index is 0.113. The number of ether oxygens (including phenoxy) is 3. The predicted octanol–water partition coefficient (Wildman–Crippen LogP) is 1.65. The molecule has 2 heterocycles. The van der Waals surface area contributed by atoms with Crippen LogP contribution in [0.1, 0.15) is 12.8 Å². The van der Waals surface area contributed by atoms with Crippen molar-refractivity contribution in [2.75, 3.05) is 33.4 Å². The zero-order valence-electron chi connectivity index (χ0n) is 12.8. The largest absolute Gasteiger partial charge is 0.486 e. The lowest BCUT2D eigenvalue weighted by Crippen LogP contribution is -2.46. The van der Waals surface area contributed by atoms with E-state index < -0.39 is 0 Å². The van der Waals surface area contributed by atoms with Gasteiger partial charge in [0.05, 0.1) is 12.6 Å². The third-order valence-electron chi connectivity index (χ3n) is 3.90. The first-order chi connectivity index (χ1) is 10.7. The second-order valence-electron chi connectivity index (χ2n) is 5.70. The molecule has 1 N–H and O–H groups in total. The molecule has 2 aliphatic heterocycles. The quantitative estimate of drug-likeness (QED) is 0.919. The molecular formula is C16H22N2O4. The summed E-state index contributed by atoms with van der Waals surface area (Å²) in [7, 11) is 1.76. The lowest BCUT2D eigenvalue weighted by Gasteiger charge is -2.29. The molecule has 0 aliphatic carbocycles. The van der Waals surface area contributed by atoms with Crippen LogP contribution in [0.15, 0.2) is 24.3 Å². The highest BCUT2D eigenvalue weighted by Gasteiger charge is 2.24. The number of carbonyl (C=O) groups is 1. The fraction of sp³-hybridized carbons (Fsp3) is 0.562. The van der Waals surface area contributed by atoms with Crippen molar-refractivity contribution >= 4 is 6.03 Å². The van der Waals surface area contributed by atoms with Gasteiger partial charge in [0.25, 0.3) is 0 Å². The molecule has 2 atom stereocenters. The number of amides is 2. The average Bonchev–Trinajstić information content (AvgIpc) is 3.06. The fourth-order valence-electron chi connectivity index (χ4n) is 2.68. The summed E-state index contributed by atoms with van der Waals surface area (Å²) in [5.74, 6) is 1.48. The van der Waals surface area contributed by atoms with E-state index in [-0.39, 0.29) is 18.2 Å². The van der Waals surface area contributed by atoms with Gasteiger partial charge in [0, 0.05) is 20.2 Å². The normalized spacial score (nSPS) is 23.1. The minimum Gasteiger partial charge on any atom is -0.486 e. The van der Waals surface area contributed by atoms with E-state index in [1.54, 1.807) is 11.9 Å². The number of benzene rings is 1. The number of nitrogens with one attached hydrogen (secondary N) is 1. The molecule has 2 amide bonds. The number of rotatable bonds is 4. The fourth-order valence-corrected chi connectivity index (χ4v) is 2.68. The van der Waals surface area contributed by atoms with Gasteiger partial charge in [-0.05, 0) is 25.0 Å². The van der Waals surface area contributed by atoms with E-state index in [0.29, 0.717) is 19.7 Å². The van der Waals surface area contributed by atoms with Gasteiger partial charge in [-0.1, -0.05) is 12.1 Å². The van der Waals surface area contributed by atoms with Crippen molar-refractivity contribution in [2.45, 2.75) is 25.0 Å². The van der Waals surface area contributed by atoms with Crippen LogP contribution in [0, 0.1) is 0 Å². The molecule has 0 bridgehead atoms. The molecule has 22 heavy (non-hydrogen) atoms. The molecule has 120 valence electrons. The predicted molar refractivity (Wildman–Crippen MR) is 81.4 cm³/mol. The summed E-state index contributed by atoms with van der Waals surface area (Å²) >= 11 is 0. The Hall–Kier alpha value is -1.95. The highest BCUT2D eigenvalue weighted by Crippen LogP contribution is 2.30. The number of carbonyl (C=O) groups excluding carboxylic acids is 1. The van der Waals surface area contributed by atoms with Crippen molar-refractivity contribution in [1.82, 2.24) is 10.2 Å². The van der Waals surface area contributed by atoms with Crippen LogP contribution in [0.5, 0.6) is 11.5 Å². The summed E-state index contributed by atoms with van der Waals surface area (Å²) < 4.78 is 17.0. The number of para-hydroxylation sites is 2. The molecule has 0 radical (unpaired) electrons. The Morgan fingerprint density at radius 2 is 2.14 bits per heavy atom. The van der Waals surface area contributed by atoms with Gasteiger partial charge in [0.2, 0.25) is 0 Å². The van der Waals surface area contributed by atoms with Crippen molar-refractivity contribution in [1.29, 1.82) is 0 Å². The number of nitrogens with zero attached hydrogens (tertiary/aromatic N) is 1. The van der Waals surface area contributed by atoms with Gasteiger partial charge in [-0.3, -0.25) is 0 Å². The Morgan fingerprint density at radius 1 is 1.32 bits per heavy atom. The highest BCUT2D eigenvalue weighted by molar-refractivity contribution is 5.73. The summed E-state index contributed by atoms with van der Waals surface area (Å²) in [6.07, 6.45) is 2.08. The van der Waals surface area contributed by atoms with Gasteiger partial charge < -0.3 is 24.4 Å². The van der Waals surface area contributed by atoms with Crippen molar-refractivity contribution in [3.8, 4) is 11.5 Å². The van der Waals surface area contributed by atoms with Crippen molar-refractivity contribution in [2.24, 2.45) is 0 Å². The maximum absolute atomic E-state index is 12.1. The first-order valence-corrected chi connectivity index (χ1v) is 7.71. The Balaban J connectivity index is 1.45. The van der Waals surface area contributed by atoms with Crippen molar-refractivity contribution < 1.29 is 19.0 Å². The van der Waals surface area contributed by atoms with E-state index in [1.165, 1.54) is 0 Å². The molecule has 1 fully saturated rings. The molecule has 1 aromatic carbocycles. The summed E-state index contributed by atoms with van der Waals surface area (Å²) in [6, 6.07) is 7.45. The van der Waals surface area contributed by atoms with Crippen LogP contribution in [0.2, 0.25) is 0 Å². The van der Waals surface area contributed by atoms with E-state index in [1.807, 2.05) is 24.3 Å². The Morgan fingerprint density at radius 3 is 2.91 bits per heavy atom. The van der Waals surface area contributed by atoms with Crippen LogP contribution in [-0.2, 0) is 4.74 Å². The molecule has 0 unspecified atom stereocenters. The first-order valence-electron chi connectivity index (χ1n) is 7.71. The molecular weight excluding hydrogens is 284 g/mol. The van der Waals surface area contributed by atoms with Gasteiger partial charge in [0.1, 0.15) is 6.61 Å². The maximum atomic E-state index is 12.1. The van der Waals surface area contributed by atoms with Crippen LogP contribution in [0.3, 0.4) is 0 Å². The summed E-state index contributed by atoms with van der Waals surface area (Å²) in [4.78, 5) is 13.7. The molecule has 6 heteroatoms. The number of likely N-dealkylation sites (N-methyl/N-ethyl adjacent to an activating group) is 1. The van der Waals surface area contributed by atoms with E-state index in [0.717, 1.165) is 30.9 Å². The smallest absolute Gasteiger partial charge is 0.317 e. The number of fused-ring (bicyclic) bond motifs is 1. The monoisotopic (exact) mass is 306 g/mol. The first kappa shape index (κ1) is 15.0. The highest BCUT2D eigenvalue weighted by atomic mass is 16.6. The average molecular weight is 306 g/mol. The second kappa shape index (κ2) is 6.87. The summed E-state index contributed by atoms with van der Waals surface area (Å²) in [5.41, 5.74) is 0. The Kier molecular flexibility index (Phi) is 4.68.